The highest BCUT2D eigenvalue weighted by molar-refractivity contribution is 5.75. The van der Waals surface area contributed by atoms with Crippen molar-refractivity contribution in [2.45, 2.75) is 6.61 Å². The Morgan fingerprint density at radius 1 is 1.05 bits per heavy atom. The van der Waals surface area contributed by atoms with Gasteiger partial charge in [0.25, 0.3) is 0 Å². The van der Waals surface area contributed by atoms with E-state index in [-0.39, 0.29) is 5.56 Å². The second kappa shape index (κ2) is 7.40. The number of hydrogen-bond donors (Lipinski definition) is 0. The molecule has 0 aliphatic rings. The molecule has 0 amide bonds. The Hall–Kier alpha value is -2.20. The van der Waals surface area contributed by atoms with Gasteiger partial charge in [-0.1, -0.05) is 30.3 Å². The first-order chi connectivity index (χ1) is 9.79. The number of carbonyl (C=O) groups is 1. The first-order valence-corrected chi connectivity index (χ1v) is 6.29. The molecule has 0 spiro atoms. The number of aldehydes is 1. The molecule has 0 aromatic heterocycles. The predicted octanol–water partition coefficient (Wildman–Crippen LogP) is 3.23. The van der Waals surface area contributed by atoms with E-state index in [0.29, 0.717) is 31.9 Å². The van der Waals surface area contributed by atoms with E-state index in [9.17, 15) is 9.18 Å². The van der Waals surface area contributed by atoms with Crippen LogP contribution in [0.1, 0.15) is 15.9 Å². The van der Waals surface area contributed by atoms with Crippen molar-refractivity contribution in [1.29, 1.82) is 0 Å². The van der Waals surface area contributed by atoms with Gasteiger partial charge in [0.15, 0.2) is 6.29 Å². The highest BCUT2D eigenvalue weighted by Gasteiger charge is 2.03. The summed E-state index contributed by atoms with van der Waals surface area (Å²) in [7, 11) is 0. The van der Waals surface area contributed by atoms with Crippen LogP contribution in [0.5, 0.6) is 5.75 Å². The Kier molecular flexibility index (Phi) is 5.26. The highest BCUT2D eigenvalue weighted by atomic mass is 19.1. The summed E-state index contributed by atoms with van der Waals surface area (Å²) in [6, 6.07) is 14.0. The SMILES string of the molecule is O=Cc1ccc(OCCOCc2ccccc2)cc1F. The lowest BCUT2D eigenvalue weighted by molar-refractivity contribution is 0.0888. The van der Waals surface area contributed by atoms with Gasteiger partial charge in [0.2, 0.25) is 0 Å². The Morgan fingerprint density at radius 3 is 2.55 bits per heavy atom. The molecule has 2 aromatic rings. The van der Waals surface area contributed by atoms with Crippen molar-refractivity contribution in [2.24, 2.45) is 0 Å². The number of carbonyl (C=O) groups excluding carboxylic acids is 1. The van der Waals surface area contributed by atoms with Crippen molar-refractivity contribution in [1.82, 2.24) is 0 Å². The summed E-state index contributed by atoms with van der Waals surface area (Å²) in [4.78, 5) is 10.5. The average Bonchev–Trinajstić information content (AvgIpc) is 2.48. The van der Waals surface area contributed by atoms with Crippen LogP contribution < -0.4 is 4.74 Å². The van der Waals surface area contributed by atoms with Crippen LogP contribution >= 0.6 is 0 Å². The molecule has 2 aromatic carbocycles. The van der Waals surface area contributed by atoms with Crippen LogP contribution in [0, 0.1) is 5.82 Å². The summed E-state index contributed by atoms with van der Waals surface area (Å²) in [5.74, 6) is -0.195. The zero-order valence-electron chi connectivity index (χ0n) is 10.9. The van der Waals surface area contributed by atoms with Gasteiger partial charge in [-0.15, -0.1) is 0 Å². The minimum Gasteiger partial charge on any atom is -0.491 e. The van der Waals surface area contributed by atoms with E-state index in [1.807, 2.05) is 30.3 Å². The van der Waals surface area contributed by atoms with Crippen molar-refractivity contribution in [3.8, 4) is 5.75 Å². The third kappa shape index (κ3) is 4.17. The molecule has 0 N–H and O–H groups in total. The molecule has 0 aliphatic carbocycles. The maximum Gasteiger partial charge on any atom is 0.152 e. The van der Waals surface area contributed by atoms with Gasteiger partial charge in [0.05, 0.1) is 18.8 Å². The van der Waals surface area contributed by atoms with Crippen LogP contribution in [-0.4, -0.2) is 19.5 Å². The average molecular weight is 274 g/mol. The van der Waals surface area contributed by atoms with Crippen molar-refractivity contribution in [3.05, 3.63) is 65.5 Å². The fourth-order valence-corrected chi connectivity index (χ4v) is 1.68. The smallest absolute Gasteiger partial charge is 0.152 e. The second-order valence-electron chi connectivity index (χ2n) is 4.19. The highest BCUT2D eigenvalue weighted by Crippen LogP contribution is 2.15. The largest absolute Gasteiger partial charge is 0.491 e. The fraction of sp³-hybridized carbons (Fsp3) is 0.188. The third-order valence-corrected chi connectivity index (χ3v) is 2.71. The monoisotopic (exact) mass is 274 g/mol. The summed E-state index contributed by atoms with van der Waals surface area (Å²) >= 11 is 0. The molecular formula is C16H15FO3. The second-order valence-corrected chi connectivity index (χ2v) is 4.19. The number of halogens is 1. The summed E-state index contributed by atoms with van der Waals surface area (Å²) in [6.45, 7) is 1.25. The number of benzene rings is 2. The zero-order chi connectivity index (χ0) is 14.2. The van der Waals surface area contributed by atoms with E-state index < -0.39 is 5.82 Å². The van der Waals surface area contributed by atoms with Crippen LogP contribution in [0.25, 0.3) is 0 Å². The maximum atomic E-state index is 13.3. The van der Waals surface area contributed by atoms with E-state index in [2.05, 4.69) is 0 Å². The Labute approximate surface area is 117 Å². The minimum absolute atomic E-state index is 0.0256. The van der Waals surface area contributed by atoms with Gasteiger partial charge in [-0.3, -0.25) is 4.79 Å². The lowest BCUT2D eigenvalue weighted by atomic mass is 10.2. The van der Waals surface area contributed by atoms with Gasteiger partial charge in [0.1, 0.15) is 18.2 Å². The third-order valence-electron chi connectivity index (χ3n) is 2.71. The topological polar surface area (TPSA) is 35.5 Å². The van der Waals surface area contributed by atoms with Crippen molar-refractivity contribution in [2.75, 3.05) is 13.2 Å². The van der Waals surface area contributed by atoms with Crippen LogP contribution in [0.4, 0.5) is 4.39 Å². The van der Waals surface area contributed by atoms with E-state index in [4.69, 9.17) is 9.47 Å². The fourth-order valence-electron chi connectivity index (χ4n) is 1.68. The van der Waals surface area contributed by atoms with Crippen molar-refractivity contribution < 1.29 is 18.7 Å². The number of ether oxygens (including phenoxy) is 2. The number of rotatable bonds is 7. The van der Waals surface area contributed by atoms with Gasteiger partial charge in [-0.25, -0.2) is 4.39 Å². The maximum absolute atomic E-state index is 13.3. The molecule has 0 saturated heterocycles. The number of hydrogen-bond acceptors (Lipinski definition) is 3. The van der Waals surface area contributed by atoms with Gasteiger partial charge in [-0.05, 0) is 17.7 Å². The van der Waals surface area contributed by atoms with E-state index in [0.717, 1.165) is 5.56 Å². The molecule has 0 aliphatic heterocycles. The molecule has 4 heteroatoms. The molecule has 0 fully saturated rings. The lowest BCUT2D eigenvalue weighted by Crippen LogP contribution is -2.07. The van der Waals surface area contributed by atoms with Crippen LogP contribution in [-0.2, 0) is 11.3 Å². The summed E-state index contributed by atoms with van der Waals surface area (Å²) in [6.07, 6.45) is 0.474. The molecule has 0 atom stereocenters. The van der Waals surface area contributed by atoms with Crippen molar-refractivity contribution in [3.63, 3.8) is 0 Å². The van der Waals surface area contributed by atoms with Gasteiger partial charge >= 0.3 is 0 Å². The first kappa shape index (κ1) is 14.2. The molecule has 104 valence electrons. The van der Waals surface area contributed by atoms with E-state index >= 15 is 0 Å². The molecule has 2 rings (SSSR count). The molecule has 0 heterocycles. The van der Waals surface area contributed by atoms with E-state index in [1.165, 1.54) is 12.1 Å². The van der Waals surface area contributed by atoms with Crippen molar-refractivity contribution >= 4 is 6.29 Å². The van der Waals surface area contributed by atoms with Gasteiger partial charge in [0, 0.05) is 6.07 Å². The normalized spacial score (nSPS) is 10.2. The summed E-state index contributed by atoms with van der Waals surface area (Å²) in [5, 5.41) is 0. The molecule has 3 nitrogen and oxygen atoms in total. The molecule has 0 unspecified atom stereocenters. The molecule has 20 heavy (non-hydrogen) atoms. The lowest BCUT2D eigenvalue weighted by Gasteiger charge is -2.08. The standard InChI is InChI=1S/C16H15FO3/c17-16-10-15(7-6-14(16)11-18)20-9-8-19-12-13-4-2-1-3-5-13/h1-7,10-11H,8-9,12H2. The van der Waals surface area contributed by atoms with E-state index in [1.54, 1.807) is 6.07 Å². The van der Waals surface area contributed by atoms with Gasteiger partial charge in [-0.2, -0.15) is 0 Å². The zero-order valence-corrected chi connectivity index (χ0v) is 10.9. The minimum atomic E-state index is -0.581. The molecule has 0 saturated carbocycles. The van der Waals surface area contributed by atoms with Crippen LogP contribution in [0.3, 0.4) is 0 Å². The molecular weight excluding hydrogens is 259 g/mol. The van der Waals surface area contributed by atoms with Gasteiger partial charge < -0.3 is 9.47 Å². The Morgan fingerprint density at radius 2 is 1.85 bits per heavy atom. The summed E-state index contributed by atoms with van der Waals surface area (Å²) in [5.41, 5.74) is 1.12. The van der Waals surface area contributed by atoms with Crippen LogP contribution in [0.2, 0.25) is 0 Å². The quantitative estimate of drug-likeness (QED) is 0.574. The first-order valence-electron chi connectivity index (χ1n) is 6.29. The van der Waals surface area contributed by atoms with Crippen LogP contribution in [0.15, 0.2) is 48.5 Å². The molecule has 0 bridgehead atoms. The Balaban J connectivity index is 1.71. The Bertz CT molecular complexity index is 555. The summed E-state index contributed by atoms with van der Waals surface area (Å²) < 4.78 is 24.1. The molecule has 0 radical (unpaired) electrons. The predicted molar refractivity (Wildman–Crippen MR) is 73.4 cm³/mol.